The molecule has 1 saturated carbocycles. The number of hydrogen-bond donors (Lipinski definition) is 2. The summed E-state index contributed by atoms with van der Waals surface area (Å²) in [6.07, 6.45) is 6.08. The molecule has 2 aliphatic carbocycles. The molecule has 3 heteroatoms. The van der Waals surface area contributed by atoms with Gasteiger partial charge in [0.25, 0.3) is 0 Å². The van der Waals surface area contributed by atoms with Crippen LogP contribution < -0.4 is 5.73 Å². The Labute approximate surface area is 131 Å². The zero-order valence-corrected chi connectivity index (χ0v) is 13.4. The molecule has 0 radical (unpaired) electrons. The lowest BCUT2D eigenvalue weighted by atomic mass is 9.73. The second-order valence-corrected chi connectivity index (χ2v) is 7.16. The van der Waals surface area contributed by atoms with Crippen molar-refractivity contribution in [1.29, 1.82) is 5.41 Å². The van der Waals surface area contributed by atoms with Gasteiger partial charge >= 0.3 is 0 Å². The van der Waals surface area contributed by atoms with Crippen molar-refractivity contribution in [3.63, 3.8) is 0 Å². The predicted octanol–water partition coefficient (Wildman–Crippen LogP) is 4.46. The van der Waals surface area contributed by atoms with Gasteiger partial charge in [-0.3, -0.25) is 5.41 Å². The normalized spacial score (nSPS) is 30.5. The van der Waals surface area contributed by atoms with Gasteiger partial charge in [0.15, 0.2) is 0 Å². The molecular formula is C19H23FN2. The Morgan fingerprint density at radius 2 is 2.09 bits per heavy atom. The molecule has 0 aromatic heterocycles. The molecule has 3 unspecified atom stereocenters. The van der Waals surface area contributed by atoms with E-state index in [0.717, 1.165) is 29.5 Å². The Morgan fingerprint density at radius 1 is 1.36 bits per heavy atom. The van der Waals surface area contributed by atoms with Gasteiger partial charge < -0.3 is 5.73 Å². The van der Waals surface area contributed by atoms with E-state index in [1.54, 1.807) is 6.07 Å². The molecule has 1 aromatic rings. The number of amidine groups is 1. The van der Waals surface area contributed by atoms with Crippen LogP contribution in [0.3, 0.4) is 0 Å². The summed E-state index contributed by atoms with van der Waals surface area (Å²) < 4.78 is 14.1. The van der Waals surface area contributed by atoms with E-state index in [1.807, 2.05) is 25.1 Å². The molecule has 1 aromatic carbocycles. The Kier molecular flexibility index (Phi) is 3.47. The molecule has 0 heterocycles. The number of hydrogen-bond acceptors (Lipinski definition) is 1. The third kappa shape index (κ3) is 2.60. The lowest BCUT2D eigenvalue weighted by molar-refractivity contribution is 0.348. The van der Waals surface area contributed by atoms with E-state index in [9.17, 15) is 4.39 Å². The van der Waals surface area contributed by atoms with Gasteiger partial charge in [-0.2, -0.15) is 0 Å². The van der Waals surface area contributed by atoms with Crippen molar-refractivity contribution in [1.82, 2.24) is 0 Å². The van der Waals surface area contributed by atoms with Gasteiger partial charge in [-0.1, -0.05) is 42.3 Å². The van der Waals surface area contributed by atoms with Crippen molar-refractivity contribution in [2.45, 2.75) is 39.5 Å². The molecule has 3 atom stereocenters. The topological polar surface area (TPSA) is 49.9 Å². The molecular weight excluding hydrogens is 275 g/mol. The van der Waals surface area contributed by atoms with E-state index < -0.39 is 0 Å². The Morgan fingerprint density at radius 3 is 2.77 bits per heavy atom. The van der Waals surface area contributed by atoms with Crippen LogP contribution in [0.2, 0.25) is 0 Å². The van der Waals surface area contributed by atoms with Crippen LogP contribution in [0, 0.1) is 29.5 Å². The SMILES string of the molecule is CC1=CC(C(=N)N)=CC(C)(C2CC2c2cc(C)ccc2F)C1. The average molecular weight is 298 g/mol. The fourth-order valence-electron chi connectivity index (χ4n) is 3.97. The number of halogens is 1. The van der Waals surface area contributed by atoms with Crippen LogP contribution in [0.15, 0.2) is 41.5 Å². The maximum atomic E-state index is 14.1. The van der Waals surface area contributed by atoms with Gasteiger partial charge in [-0.05, 0) is 55.6 Å². The highest BCUT2D eigenvalue weighted by Crippen LogP contribution is 2.61. The molecule has 116 valence electrons. The van der Waals surface area contributed by atoms with Crippen LogP contribution in [-0.4, -0.2) is 5.84 Å². The average Bonchev–Trinajstić information content (AvgIpc) is 3.21. The fourth-order valence-corrected chi connectivity index (χ4v) is 3.97. The summed E-state index contributed by atoms with van der Waals surface area (Å²) in [5.41, 5.74) is 9.63. The first-order chi connectivity index (χ1) is 10.3. The number of nitrogens with two attached hydrogens (primary N) is 1. The van der Waals surface area contributed by atoms with Gasteiger partial charge in [-0.25, -0.2) is 4.39 Å². The number of aryl methyl sites for hydroxylation is 1. The molecule has 0 spiro atoms. The summed E-state index contributed by atoms with van der Waals surface area (Å²) in [6.45, 7) is 6.30. The minimum Gasteiger partial charge on any atom is -0.384 e. The Bertz CT molecular complexity index is 701. The van der Waals surface area contributed by atoms with E-state index in [2.05, 4.69) is 19.9 Å². The van der Waals surface area contributed by atoms with Gasteiger partial charge in [0.05, 0.1) is 0 Å². The zero-order valence-electron chi connectivity index (χ0n) is 13.4. The van der Waals surface area contributed by atoms with Crippen LogP contribution in [0.1, 0.15) is 43.7 Å². The first-order valence-electron chi connectivity index (χ1n) is 7.80. The first-order valence-corrected chi connectivity index (χ1v) is 7.80. The highest BCUT2D eigenvalue weighted by molar-refractivity contribution is 5.97. The molecule has 2 aliphatic rings. The predicted molar refractivity (Wildman–Crippen MR) is 88.5 cm³/mol. The highest BCUT2D eigenvalue weighted by Gasteiger charge is 2.51. The highest BCUT2D eigenvalue weighted by atomic mass is 19.1. The second-order valence-electron chi connectivity index (χ2n) is 7.16. The third-order valence-corrected chi connectivity index (χ3v) is 5.05. The van der Waals surface area contributed by atoms with Gasteiger partial charge in [0.1, 0.15) is 11.7 Å². The quantitative estimate of drug-likeness (QED) is 0.628. The van der Waals surface area contributed by atoms with Crippen molar-refractivity contribution in [3.8, 4) is 0 Å². The third-order valence-electron chi connectivity index (χ3n) is 5.05. The van der Waals surface area contributed by atoms with Gasteiger partial charge in [0.2, 0.25) is 0 Å². The molecule has 1 fully saturated rings. The summed E-state index contributed by atoms with van der Waals surface area (Å²) in [4.78, 5) is 0. The molecule has 0 amide bonds. The van der Waals surface area contributed by atoms with Crippen molar-refractivity contribution in [2.24, 2.45) is 17.1 Å². The minimum atomic E-state index is -0.0967. The molecule has 3 N–H and O–H groups in total. The first kappa shape index (κ1) is 15.0. The fraction of sp³-hybridized carbons (Fsp3) is 0.421. The van der Waals surface area contributed by atoms with Crippen molar-refractivity contribution in [3.05, 3.63) is 58.4 Å². The Hall–Kier alpha value is -1.90. The number of rotatable bonds is 3. The van der Waals surface area contributed by atoms with Crippen LogP contribution in [0.5, 0.6) is 0 Å². The van der Waals surface area contributed by atoms with E-state index >= 15 is 0 Å². The maximum Gasteiger partial charge on any atom is 0.126 e. The van der Waals surface area contributed by atoms with E-state index in [1.165, 1.54) is 5.57 Å². The Balaban J connectivity index is 1.89. The van der Waals surface area contributed by atoms with Crippen molar-refractivity contribution in [2.75, 3.05) is 0 Å². The van der Waals surface area contributed by atoms with E-state index in [-0.39, 0.29) is 23.0 Å². The zero-order chi connectivity index (χ0) is 16.1. The summed E-state index contributed by atoms with van der Waals surface area (Å²) in [7, 11) is 0. The van der Waals surface area contributed by atoms with Crippen molar-refractivity contribution >= 4 is 5.84 Å². The van der Waals surface area contributed by atoms with Crippen molar-refractivity contribution < 1.29 is 4.39 Å². The molecule has 0 bridgehead atoms. The monoisotopic (exact) mass is 298 g/mol. The molecule has 22 heavy (non-hydrogen) atoms. The largest absolute Gasteiger partial charge is 0.384 e. The smallest absolute Gasteiger partial charge is 0.126 e. The number of nitrogens with one attached hydrogen (secondary N) is 1. The van der Waals surface area contributed by atoms with E-state index in [4.69, 9.17) is 11.1 Å². The lowest BCUT2D eigenvalue weighted by Gasteiger charge is -2.31. The molecule has 3 rings (SSSR count). The second kappa shape index (κ2) is 5.08. The minimum absolute atomic E-state index is 0.0410. The summed E-state index contributed by atoms with van der Waals surface area (Å²) in [6, 6.07) is 5.37. The summed E-state index contributed by atoms with van der Waals surface area (Å²) in [5, 5.41) is 7.70. The molecule has 0 aliphatic heterocycles. The maximum absolute atomic E-state index is 14.1. The van der Waals surface area contributed by atoms with Crippen LogP contribution >= 0.6 is 0 Å². The van der Waals surface area contributed by atoms with Crippen LogP contribution in [0.25, 0.3) is 0 Å². The lowest BCUT2D eigenvalue weighted by Crippen LogP contribution is -2.25. The summed E-state index contributed by atoms with van der Waals surface area (Å²) >= 11 is 0. The van der Waals surface area contributed by atoms with Gasteiger partial charge in [-0.15, -0.1) is 0 Å². The summed E-state index contributed by atoms with van der Waals surface area (Å²) in [5.74, 6) is 0.715. The van der Waals surface area contributed by atoms with Crippen LogP contribution in [-0.2, 0) is 0 Å². The number of allylic oxidation sites excluding steroid dienone is 2. The van der Waals surface area contributed by atoms with E-state index in [0.29, 0.717) is 5.92 Å². The molecule has 0 saturated heterocycles. The molecule has 2 nitrogen and oxygen atoms in total. The standard InChI is InChI=1S/C19H23FN2/c1-11-4-5-17(20)15(7-11)14-8-16(14)19(3)9-12(2)6-13(10-19)18(21)22/h4-7,10,14,16H,8-9H2,1-3H3,(H3,21,22). The van der Waals surface area contributed by atoms with Gasteiger partial charge in [0, 0.05) is 5.57 Å². The van der Waals surface area contributed by atoms with Crippen LogP contribution in [0.4, 0.5) is 4.39 Å². The number of benzene rings is 1.